The molecule has 10 heteroatoms. The van der Waals surface area contributed by atoms with E-state index in [1.807, 2.05) is 6.07 Å². The largest absolute Gasteiger partial charge is 0.379 e. The summed E-state index contributed by atoms with van der Waals surface area (Å²) in [5.74, 6) is -1.15. The molecule has 1 aromatic carbocycles. The number of hydrogen-bond donors (Lipinski definition) is 4. The highest BCUT2D eigenvalue weighted by atomic mass is 35.5. The fraction of sp³-hybridized carbons (Fsp3) is 0.286. The van der Waals surface area contributed by atoms with Crippen molar-refractivity contribution in [1.82, 2.24) is 14.9 Å². The second kappa shape index (κ2) is 8.81. The molecular formula is C21H22ClFN6O2. The molecule has 2 amide bonds. The van der Waals surface area contributed by atoms with Crippen LogP contribution in [0.2, 0.25) is 5.02 Å². The third-order valence-electron chi connectivity index (χ3n) is 5.28. The minimum absolute atomic E-state index is 0.0242. The molecular weight excluding hydrogens is 423 g/mol. The topological polar surface area (TPSA) is 116 Å². The second-order valence-electron chi connectivity index (χ2n) is 7.49. The number of H-pyrrole nitrogens is 1. The fourth-order valence-electron chi connectivity index (χ4n) is 3.82. The Morgan fingerprint density at radius 3 is 2.97 bits per heavy atom. The molecule has 3 aromatic rings. The zero-order valence-electron chi connectivity index (χ0n) is 16.6. The maximum Gasteiger partial charge on any atom is 0.252 e. The first-order valence-corrected chi connectivity index (χ1v) is 10.3. The van der Waals surface area contributed by atoms with Crippen LogP contribution < -0.4 is 16.4 Å². The number of amides is 2. The number of aromatic nitrogens is 2. The first kappa shape index (κ1) is 20.9. The molecule has 0 bridgehead atoms. The van der Waals surface area contributed by atoms with Crippen molar-refractivity contribution in [3.8, 4) is 0 Å². The van der Waals surface area contributed by atoms with Gasteiger partial charge in [0.1, 0.15) is 11.5 Å². The lowest BCUT2D eigenvalue weighted by Crippen LogP contribution is -2.47. The number of likely N-dealkylation sites (tertiary alicyclic amines) is 1. The molecule has 1 unspecified atom stereocenters. The summed E-state index contributed by atoms with van der Waals surface area (Å²) in [4.78, 5) is 33.6. The summed E-state index contributed by atoms with van der Waals surface area (Å²) in [6, 6.07) is 5.83. The molecule has 3 heterocycles. The van der Waals surface area contributed by atoms with Crippen molar-refractivity contribution in [1.29, 1.82) is 0 Å². The standard InChI is InChI=1S/C21H22ClFN6O2/c22-12-6-13(23)8-15(7-12)26-10-18(30)29-5-1-2-14(11-29)28-19-16-3-4-25-21(16)27-9-17(19)20(24)31/h3-4,6-9,14,26H,1-2,5,10-11H2,(H2,24,31)(H2,25,27,28). The molecule has 1 atom stereocenters. The van der Waals surface area contributed by atoms with Crippen molar-refractivity contribution < 1.29 is 14.0 Å². The van der Waals surface area contributed by atoms with Gasteiger partial charge in [-0.2, -0.15) is 0 Å². The summed E-state index contributed by atoms with van der Waals surface area (Å²) >= 11 is 5.86. The van der Waals surface area contributed by atoms with Crippen LogP contribution in [0, 0.1) is 5.82 Å². The van der Waals surface area contributed by atoms with Gasteiger partial charge in [0, 0.05) is 47.6 Å². The second-order valence-corrected chi connectivity index (χ2v) is 7.92. The maximum atomic E-state index is 13.5. The smallest absolute Gasteiger partial charge is 0.252 e. The van der Waals surface area contributed by atoms with Gasteiger partial charge in [0.05, 0.1) is 17.8 Å². The number of anilines is 2. The number of aromatic amines is 1. The van der Waals surface area contributed by atoms with Crippen LogP contribution in [0.1, 0.15) is 23.2 Å². The maximum absolute atomic E-state index is 13.5. The molecule has 2 aromatic heterocycles. The number of fused-ring (bicyclic) bond motifs is 1. The summed E-state index contributed by atoms with van der Waals surface area (Å²) in [6.45, 7) is 1.12. The number of carbonyl (C=O) groups is 2. The van der Waals surface area contributed by atoms with Crippen LogP contribution >= 0.6 is 11.6 Å². The Kier molecular flexibility index (Phi) is 5.94. The molecule has 31 heavy (non-hydrogen) atoms. The molecule has 5 N–H and O–H groups in total. The van der Waals surface area contributed by atoms with Crippen molar-refractivity contribution in [2.45, 2.75) is 18.9 Å². The van der Waals surface area contributed by atoms with E-state index in [1.165, 1.54) is 18.3 Å². The lowest BCUT2D eigenvalue weighted by atomic mass is 10.0. The zero-order chi connectivity index (χ0) is 22.0. The van der Waals surface area contributed by atoms with Crippen molar-refractivity contribution in [2.75, 3.05) is 30.3 Å². The highest BCUT2D eigenvalue weighted by molar-refractivity contribution is 6.30. The van der Waals surface area contributed by atoms with Gasteiger partial charge in [0.25, 0.3) is 5.91 Å². The normalized spacial score (nSPS) is 16.3. The Morgan fingerprint density at radius 1 is 1.35 bits per heavy atom. The molecule has 4 rings (SSSR count). The van der Waals surface area contributed by atoms with E-state index in [0.717, 1.165) is 18.2 Å². The SMILES string of the molecule is NC(=O)c1cnc2[nH]ccc2c1NC1CCCN(C(=O)CNc2cc(F)cc(Cl)c2)C1. The first-order valence-electron chi connectivity index (χ1n) is 9.91. The number of nitrogens with two attached hydrogens (primary N) is 1. The van der Waals surface area contributed by atoms with Gasteiger partial charge >= 0.3 is 0 Å². The summed E-state index contributed by atoms with van der Waals surface area (Å²) in [6.07, 6.45) is 4.84. The number of pyridine rings is 1. The molecule has 1 fully saturated rings. The third kappa shape index (κ3) is 4.72. The molecule has 0 radical (unpaired) electrons. The molecule has 1 aliphatic heterocycles. The van der Waals surface area contributed by atoms with Crippen molar-refractivity contribution >= 4 is 45.8 Å². The van der Waals surface area contributed by atoms with Gasteiger partial charge in [-0.15, -0.1) is 0 Å². The molecule has 0 aliphatic carbocycles. The van der Waals surface area contributed by atoms with Crippen LogP contribution in [0.15, 0.2) is 36.7 Å². The Hall–Kier alpha value is -3.33. The number of rotatable bonds is 6. The first-order chi connectivity index (χ1) is 14.9. The van der Waals surface area contributed by atoms with Gasteiger partial charge in [0.15, 0.2) is 0 Å². The molecule has 0 saturated carbocycles. The summed E-state index contributed by atoms with van der Waals surface area (Å²) in [5, 5.41) is 7.34. The van der Waals surface area contributed by atoms with Crippen LogP contribution in [0.4, 0.5) is 15.8 Å². The van der Waals surface area contributed by atoms with Gasteiger partial charge in [-0.25, -0.2) is 9.37 Å². The number of primary amides is 1. The number of benzene rings is 1. The van der Waals surface area contributed by atoms with E-state index in [9.17, 15) is 14.0 Å². The Labute approximate surface area is 183 Å². The van der Waals surface area contributed by atoms with Crippen LogP contribution in [0.5, 0.6) is 0 Å². The van der Waals surface area contributed by atoms with Gasteiger partial charge < -0.3 is 26.3 Å². The Morgan fingerprint density at radius 2 is 2.19 bits per heavy atom. The van der Waals surface area contributed by atoms with E-state index in [4.69, 9.17) is 17.3 Å². The molecule has 1 aliphatic rings. The van der Waals surface area contributed by atoms with E-state index in [-0.39, 0.29) is 23.5 Å². The van der Waals surface area contributed by atoms with Gasteiger partial charge in [-0.3, -0.25) is 9.59 Å². The van der Waals surface area contributed by atoms with E-state index in [1.54, 1.807) is 17.2 Å². The van der Waals surface area contributed by atoms with Crippen LogP contribution in [0.25, 0.3) is 11.0 Å². The number of nitrogens with zero attached hydrogens (tertiary/aromatic N) is 2. The van der Waals surface area contributed by atoms with Crippen LogP contribution in [-0.4, -0.2) is 52.4 Å². The number of piperidine rings is 1. The summed E-state index contributed by atoms with van der Waals surface area (Å²) < 4.78 is 13.5. The number of carbonyl (C=O) groups excluding carboxylic acids is 2. The van der Waals surface area contributed by atoms with E-state index in [2.05, 4.69) is 20.6 Å². The highest BCUT2D eigenvalue weighted by Crippen LogP contribution is 2.27. The Balaban J connectivity index is 1.44. The lowest BCUT2D eigenvalue weighted by Gasteiger charge is -2.34. The summed E-state index contributed by atoms with van der Waals surface area (Å²) in [7, 11) is 0. The summed E-state index contributed by atoms with van der Waals surface area (Å²) in [5.41, 5.74) is 7.55. The minimum Gasteiger partial charge on any atom is -0.379 e. The van der Waals surface area contributed by atoms with Gasteiger partial charge in [-0.1, -0.05) is 11.6 Å². The molecule has 0 spiro atoms. The van der Waals surface area contributed by atoms with Crippen molar-refractivity contribution in [3.05, 3.63) is 53.1 Å². The Bertz CT molecular complexity index is 1110. The third-order valence-corrected chi connectivity index (χ3v) is 5.50. The van der Waals surface area contributed by atoms with E-state index < -0.39 is 11.7 Å². The molecule has 162 valence electrons. The monoisotopic (exact) mass is 444 g/mol. The average molecular weight is 445 g/mol. The average Bonchev–Trinajstić information content (AvgIpc) is 3.21. The quantitative estimate of drug-likeness (QED) is 0.466. The number of halogens is 2. The number of nitrogens with one attached hydrogen (secondary N) is 3. The van der Waals surface area contributed by atoms with Crippen LogP contribution in [-0.2, 0) is 4.79 Å². The van der Waals surface area contributed by atoms with Crippen LogP contribution in [0.3, 0.4) is 0 Å². The van der Waals surface area contributed by atoms with E-state index in [0.29, 0.717) is 35.7 Å². The van der Waals surface area contributed by atoms with Gasteiger partial charge in [-0.05, 0) is 37.1 Å². The number of hydrogen-bond acceptors (Lipinski definition) is 5. The molecule has 8 nitrogen and oxygen atoms in total. The highest BCUT2D eigenvalue weighted by Gasteiger charge is 2.25. The van der Waals surface area contributed by atoms with Crippen molar-refractivity contribution in [2.24, 2.45) is 5.73 Å². The van der Waals surface area contributed by atoms with Gasteiger partial charge in [0.2, 0.25) is 5.91 Å². The predicted molar refractivity (Wildman–Crippen MR) is 118 cm³/mol. The zero-order valence-corrected chi connectivity index (χ0v) is 17.4. The van der Waals surface area contributed by atoms with Crippen molar-refractivity contribution in [3.63, 3.8) is 0 Å². The fourth-order valence-corrected chi connectivity index (χ4v) is 4.04. The predicted octanol–water partition coefficient (Wildman–Crippen LogP) is 2.97. The molecule has 1 saturated heterocycles. The van der Waals surface area contributed by atoms with E-state index >= 15 is 0 Å². The lowest BCUT2D eigenvalue weighted by molar-refractivity contribution is -0.130. The minimum atomic E-state index is -0.570.